The van der Waals surface area contributed by atoms with Crippen LogP contribution in [0.15, 0.2) is 59.6 Å². The van der Waals surface area contributed by atoms with Gasteiger partial charge in [-0.15, -0.1) is 24.0 Å². The summed E-state index contributed by atoms with van der Waals surface area (Å²) in [5, 5.41) is 3.10. The van der Waals surface area contributed by atoms with Gasteiger partial charge in [-0.05, 0) is 30.0 Å². The van der Waals surface area contributed by atoms with Crippen LogP contribution in [-0.2, 0) is 11.2 Å². The number of benzene rings is 2. The van der Waals surface area contributed by atoms with Crippen LogP contribution in [0.2, 0.25) is 0 Å². The molecule has 2 aromatic carbocycles. The van der Waals surface area contributed by atoms with Crippen LogP contribution in [0, 0.1) is 0 Å². The van der Waals surface area contributed by atoms with Crippen molar-refractivity contribution in [3.05, 3.63) is 60.2 Å². The van der Waals surface area contributed by atoms with Gasteiger partial charge in [0.15, 0.2) is 5.96 Å². The van der Waals surface area contributed by atoms with Gasteiger partial charge in [-0.25, -0.2) is 0 Å². The Hall–Kier alpha value is -1.60. The molecule has 1 atom stereocenters. The molecule has 24 heavy (non-hydrogen) atoms. The first-order chi connectivity index (χ1) is 11.2. The van der Waals surface area contributed by atoms with Crippen molar-refractivity contribution in [2.45, 2.75) is 19.4 Å². The molecule has 0 saturated heterocycles. The Labute approximate surface area is 161 Å². The SMILES string of the molecule is COCC(C)NC(N)=NCCc1ccc(-c2ccccc2)cc1.I. The number of rotatable bonds is 7. The summed E-state index contributed by atoms with van der Waals surface area (Å²) in [5.41, 5.74) is 9.57. The van der Waals surface area contributed by atoms with E-state index >= 15 is 0 Å². The topological polar surface area (TPSA) is 59.6 Å². The molecule has 130 valence electrons. The average Bonchev–Trinajstić information content (AvgIpc) is 2.56. The third-order valence-corrected chi connectivity index (χ3v) is 3.55. The molecule has 2 rings (SSSR count). The molecule has 0 aromatic heterocycles. The molecule has 0 radical (unpaired) electrons. The fraction of sp³-hybridized carbons (Fsp3) is 0.316. The van der Waals surface area contributed by atoms with Crippen molar-refractivity contribution >= 4 is 29.9 Å². The van der Waals surface area contributed by atoms with Crippen LogP contribution in [0.3, 0.4) is 0 Å². The van der Waals surface area contributed by atoms with Crippen molar-refractivity contribution in [1.82, 2.24) is 5.32 Å². The van der Waals surface area contributed by atoms with E-state index in [-0.39, 0.29) is 30.0 Å². The second-order valence-corrected chi connectivity index (χ2v) is 5.58. The lowest BCUT2D eigenvalue weighted by Gasteiger charge is -2.13. The average molecular weight is 439 g/mol. The minimum Gasteiger partial charge on any atom is -0.383 e. The van der Waals surface area contributed by atoms with Crippen LogP contribution in [0.5, 0.6) is 0 Å². The number of ether oxygens (including phenoxy) is 1. The summed E-state index contributed by atoms with van der Waals surface area (Å²) in [6, 6.07) is 19.1. The number of nitrogens with two attached hydrogens (primary N) is 1. The summed E-state index contributed by atoms with van der Waals surface area (Å²) in [7, 11) is 1.67. The second-order valence-electron chi connectivity index (χ2n) is 5.58. The highest BCUT2D eigenvalue weighted by atomic mass is 127. The Morgan fingerprint density at radius 3 is 2.33 bits per heavy atom. The van der Waals surface area contributed by atoms with Gasteiger partial charge in [-0.1, -0.05) is 54.6 Å². The minimum atomic E-state index is 0. The molecule has 3 N–H and O–H groups in total. The highest BCUT2D eigenvalue weighted by molar-refractivity contribution is 14.0. The first-order valence-corrected chi connectivity index (χ1v) is 7.89. The number of aliphatic imine (C=N–C) groups is 1. The predicted octanol–water partition coefficient (Wildman–Crippen LogP) is 3.45. The number of hydrogen-bond acceptors (Lipinski definition) is 2. The maximum Gasteiger partial charge on any atom is 0.188 e. The van der Waals surface area contributed by atoms with Crippen molar-refractivity contribution in [3.63, 3.8) is 0 Å². The molecule has 0 amide bonds. The van der Waals surface area contributed by atoms with E-state index in [9.17, 15) is 0 Å². The van der Waals surface area contributed by atoms with Crippen molar-refractivity contribution in [2.24, 2.45) is 10.7 Å². The second kappa shape index (κ2) is 11.0. The van der Waals surface area contributed by atoms with Gasteiger partial charge >= 0.3 is 0 Å². The van der Waals surface area contributed by atoms with Crippen LogP contribution in [-0.4, -0.2) is 32.3 Å². The molecule has 0 spiro atoms. The lowest BCUT2D eigenvalue weighted by Crippen LogP contribution is -2.40. The summed E-state index contributed by atoms with van der Waals surface area (Å²) in [6.45, 7) is 3.29. The molecule has 0 aliphatic heterocycles. The molecular formula is C19H26IN3O. The fourth-order valence-corrected chi connectivity index (χ4v) is 2.39. The Morgan fingerprint density at radius 1 is 1.08 bits per heavy atom. The van der Waals surface area contributed by atoms with Crippen LogP contribution >= 0.6 is 24.0 Å². The third-order valence-electron chi connectivity index (χ3n) is 3.55. The standard InChI is InChI=1S/C19H25N3O.HI/c1-15(14-23-2)22-19(20)21-13-12-16-8-10-18(11-9-16)17-6-4-3-5-7-17;/h3-11,15H,12-14H2,1-2H3,(H3,20,21,22);1H. The smallest absolute Gasteiger partial charge is 0.188 e. The Kier molecular flexibility index (Phi) is 9.41. The fourth-order valence-electron chi connectivity index (χ4n) is 2.39. The lowest BCUT2D eigenvalue weighted by atomic mass is 10.0. The number of methoxy groups -OCH3 is 1. The number of guanidine groups is 1. The first kappa shape index (κ1) is 20.4. The van der Waals surface area contributed by atoms with Crippen molar-refractivity contribution < 1.29 is 4.74 Å². The van der Waals surface area contributed by atoms with Crippen LogP contribution in [0.1, 0.15) is 12.5 Å². The zero-order chi connectivity index (χ0) is 16.5. The number of halogens is 1. The molecule has 0 heterocycles. The van der Waals surface area contributed by atoms with E-state index in [0.29, 0.717) is 19.1 Å². The summed E-state index contributed by atoms with van der Waals surface area (Å²) in [4.78, 5) is 4.35. The molecule has 0 aliphatic carbocycles. The number of nitrogens with one attached hydrogen (secondary N) is 1. The van der Waals surface area contributed by atoms with E-state index in [2.05, 4.69) is 58.8 Å². The van der Waals surface area contributed by atoms with E-state index in [0.717, 1.165) is 6.42 Å². The zero-order valence-corrected chi connectivity index (χ0v) is 16.6. The molecule has 0 aliphatic rings. The predicted molar refractivity (Wildman–Crippen MR) is 112 cm³/mol. The van der Waals surface area contributed by atoms with Gasteiger partial charge in [0.1, 0.15) is 0 Å². The molecule has 1 unspecified atom stereocenters. The summed E-state index contributed by atoms with van der Waals surface area (Å²) in [5.74, 6) is 0.468. The summed E-state index contributed by atoms with van der Waals surface area (Å²) in [6.07, 6.45) is 0.871. The van der Waals surface area contributed by atoms with Crippen LogP contribution in [0.25, 0.3) is 11.1 Å². The Bertz CT molecular complexity index is 614. The minimum absolute atomic E-state index is 0. The number of hydrogen-bond donors (Lipinski definition) is 2. The third kappa shape index (κ3) is 6.88. The lowest BCUT2D eigenvalue weighted by molar-refractivity contribution is 0.179. The molecule has 4 nitrogen and oxygen atoms in total. The van der Waals surface area contributed by atoms with E-state index in [4.69, 9.17) is 10.5 Å². The number of nitrogens with zero attached hydrogens (tertiary/aromatic N) is 1. The van der Waals surface area contributed by atoms with E-state index in [1.165, 1.54) is 16.7 Å². The molecule has 0 fully saturated rings. The highest BCUT2D eigenvalue weighted by Crippen LogP contribution is 2.19. The van der Waals surface area contributed by atoms with Gasteiger partial charge in [-0.3, -0.25) is 4.99 Å². The van der Waals surface area contributed by atoms with Gasteiger partial charge in [-0.2, -0.15) is 0 Å². The Balaban J connectivity index is 0.00000288. The molecular weight excluding hydrogens is 413 g/mol. The van der Waals surface area contributed by atoms with Gasteiger partial charge in [0.25, 0.3) is 0 Å². The van der Waals surface area contributed by atoms with Gasteiger partial charge in [0, 0.05) is 19.7 Å². The first-order valence-electron chi connectivity index (χ1n) is 7.89. The maximum atomic E-state index is 5.85. The van der Waals surface area contributed by atoms with Gasteiger partial charge < -0.3 is 15.8 Å². The van der Waals surface area contributed by atoms with Crippen molar-refractivity contribution in [2.75, 3.05) is 20.3 Å². The van der Waals surface area contributed by atoms with E-state index in [1.807, 2.05) is 13.0 Å². The largest absolute Gasteiger partial charge is 0.383 e. The normalized spacial score (nSPS) is 12.3. The summed E-state index contributed by atoms with van der Waals surface area (Å²) >= 11 is 0. The highest BCUT2D eigenvalue weighted by Gasteiger charge is 2.01. The Morgan fingerprint density at radius 2 is 1.71 bits per heavy atom. The quantitative estimate of drug-likeness (QED) is 0.395. The molecule has 2 aromatic rings. The maximum absolute atomic E-state index is 5.85. The monoisotopic (exact) mass is 439 g/mol. The molecule has 0 bridgehead atoms. The van der Waals surface area contributed by atoms with Gasteiger partial charge in [0.2, 0.25) is 0 Å². The zero-order valence-electron chi connectivity index (χ0n) is 14.2. The molecule has 0 saturated carbocycles. The van der Waals surface area contributed by atoms with Crippen LogP contribution < -0.4 is 11.1 Å². The van der Waals surface area contributed by atoms with Crippen molar-refractivity contribution in [3.8, 4) is 11.1 Å². The van der Waals surface area contributed by atoms with Crippen LogP contribution in [0.4, 0.5) is 0 Å². The van der Waals surface area contributed by atoms with Gasteiger partial charge in [0.05, 0.1) is 6.61 Å². The summed E-state index contributed by atoms with van der Waals surface area (Å²) < 4.78 is 5.05. The van der Waals surface area contributed by atoms with E-state index < -0.39 is 0 Å². The van der Waals surface area contributed by atoms with E-state index in [1.54, 1.807) is 7.11 Å². The van der Waals surface area contributed by atoms with Crippen molar-refractivity contribution in [1.29, 1.82) is 0 Å². The molecule has 5 heteroatoms.